The Hall–Kier alpha value is -1.64. The smallest absolute Gasteiger partial charge is 0.243 e. The molecular weight excluding hydrogens is 433 g/mol. The second kappa shape index (κ2) is 9.45. The highest BCUT2D eigenvalue weighted by molar-refractivity contribution is 7.89. The Morgan fingerprint density at radius 3 is 2.28 bits per heavy atom. The first-order valence-corrected chi connectivity index (χ1v) is 11.4. The molecule has 0 aliphatic carbocycles. The van der Waals surface area contributed by atoms with E-state index in [1.165, 1.54) is 4.31 Å². The van der Waals surface area contributed by atoms with Crippen molar-refractivity contribution >= 4 is 39.1 Å². The van der Waals surface area contributed by atoms with E-state index in [0.717, 1.165) is 5.56 Å². The summed E-state index contributed by atoms with van der Waals surface area (Å²) in [5, 5.41) is 0.983. The van der Waals surface area contributed by atoms with Gasteiger partial charge in [-0.1, -0.05) is 47.5 Å². The Labute approximate surface area is 181 Å². The highest BCUT2D eigenvalue weighted by Crippen LogP contribution is 2.23. The highest BCUT2D eigenvalue weighted by Gasteiger charge is 2.30. The minimum Gasteiger partial charge on any atom is -0.339 e. The lowest BCUT2D eigenvalue weighted by molar-refractivity contribution is -0.133. The number of likely N-dealkylation sites (N-methyl/N-ethyl adjacent to an activating group) is 1. The maximum absolute atomic E-state index is 12.7. The van der Waals surface area contributed by atoms with Gasteiger partial charge >= 0.3 is 0 Å². The van der Waals surface area contributed by atoms with Crippen molar-refractivity contribution in [3.05, 3.63) is 64.1 Å². The number of piperazine rings is 1. The molecule has 9 heteroatoms. The molecule has 1 amide bonds. The summed E-state index contributed by atoms with van der Waals surface area (Å²) < 4.78 is 26.8. The van der Waals surface area contributed by atoms with Crippen LogP contribution in [0.3, 0.4) is 0 Å². The number of nitrogens with zero attached hydrogens (tertiary/aromatic N) is 3. The van der Waals surface area contributed by atoms with E-state index < -0.39 is 10.0 Å². The fourth-order valence-corrected chi connectivity index (χ4v) is 5.02. The summed E-state index contributed by atoms with van der Waals surface area (Å²) >= 11 is 12.0. The van der Waals surface area contributed by atoms with Gasteiger partial charge in [0.2, 0.25) is 15.9 Å². The van der Waals surface area contributed by atoms with Gasteiger partial charge < -0.3 is 4.90 Å². The number of halogens is 2. The molecule has 1 aliphatic heterocycles. The number of amides is 1. The van der Waals surface area contributed by atoms with Crippen molar-refractivity contribution in [3.8, 4) is 0 Å². The van der Waals surface area contributed by atoms with Crippen LogP contribution in [0.5, 0.6) is 0 Å². The maximum atomic E-state index is 12.7. The van der Waals surface area contributed by atoms with E-state index in [0.29, 0.717) is 42.8 Å². The van der Waals surface area contributed by atoms with Crippen molar-refractivity contribution in [3.63, 3.8) is 0 Å². The molecule has 3 rings (SSSR count). The molecule has 1 heterocycles. The van der Waals surface area contributed by atoms with Crippen LogP contribution in [0.1, 0.15) is 5.56 Å². The molecule has 2 aromatic rings. The van der Waals surface area contributed by atoms with Crippen LogP contribution < -0.4 is 0 Å². The summed E-state index contributed by atoms with van der Waals surface area (Å²) in [7, 11) is -1.66. The number of benzene rings is 2. The van der Waals surface area contributed by atoms with Gasteiger partial charge in [-0.3, -0.25) is 9.69 Å². The molecule has 0 aromatic heterocycles. The molecule has 0 N–H and O–H groups in total. The van der Waals surface area contributed by atoms with Gasteiger partial charge in [-0.2, -0.15) is 4.31 Å². The summed E-state index contributed by atoms with van der Waals surface area (Å²) in [6.45, 7) is 2.15. The van der Waals surface area contributed by atoms with Crippen LogP contribution in [0, 0.1) is 0 Å². The largest absolute Gasteiger partial charge is 0.339 e. The van der Waals surface area contributed by atoms with Gasteiger partial charge in [0, 0.05) is 32.7 Å². The van der Waals surface area contributed by atoms with Gasteiger partial charge in [0.05, 0.1) is 21.5 Å². The number of hydrogen-bond acceptors (Lipinski definition) is 4. The average Bonchev–Trinajstić information content (AvgIpc) is 2.71. The molecule has 1 fully saturated rings. The summed E-state index contributed by atoms with van der Waals surface area (Å²) in [6, 6.07) is 13.8. The Morgan fingerprint density at radius 1 is 1.00 bits per heavy atom. The molecule has 2 aromatic carbocycles. The monoisotopic (exact) mass is 455 g/mol. The van der Waals surface area contributed by atoms with Gasteiger partial charge in [-0.25, -0.2) is 8.42 Å². The number of carbonyl (C=O) groups excluding carboxylic acids is 1. The van der Waals surface area contributed by atoms with Gasteiger partial charge in [-0.05, 0) is 36.9 Å². The predicted octanol–water partition coefficient (Wildman–Crippen LogP) is 2.96. The Bertz CT molecular complexity index is 962. The van der Waals surface area contributed by atoms with Crippen LogP contribution in [0.2, 0.25) is 10.0 Å². The number of sulfonamides is 1. The van der Waals surface area contributed by atoms with Crippen LogP contribution in [0.25, 0.3) is 0 Å². The molecule has 0 unspecified atom stereocenters. The minimum atomic E-state index is -3.52. The first-order valence-electron chi connectivity index (χ1n) is 9.23. The van der Waals surface area contributed by atoms with E-state index >= 15 is 0 Å². The van der Waals surface area contributed by atoms with Gasteiger partial charge in [-0.15, -0.1) is 0 Å². The standard InChI is InChI=1S/C20H23Cl2N3O3S/c1-23(14-16-7-8-18(21)19(22)13-16)15-20(26)24-9-11-25(12-10-24)29(27,28)17-5-3-2-4-6-17/h2-8,13H,9-12,14-15H2,1H3. The lowest BCUT2D eigenvalue weighted by Gasteiger charge is -2.34. The third-order valence-corrected chi connectivity index (χ3v) is 7.47. The predicted molar refractivity (Wildman–Crippen MR) is 115 cm³/mol. The van der Waals surface area contributed by atoms with Crippen LogP contribution in [0.4, 0.5) is 0 Å². The second-order valence-electron chi connectivity index (χ2n) is 7.02. The molecule has 0 spiro atoms. The minimum absolute atomic E-state index is 0.0238. The Morgan fingerprint density at radius 2 is 1.66 bits per heavy atom. The quantitative estimate of drug-likeness (QED) is 0.671. The van der Waals surface area contributed by atoms with Crippen molar-refractivity contribution in [1.29, 1.82) is 0 Å². The second-order valence-corrected chi connectivity index (χ2v) is 9.77. The molecule has 0 bridgehead atoms. The summed E-state index contributed by atoms with van der Waals surface area (Å²) in [5.41, 5.74) is 0.966. The fourth-order valence-electron chi connectivity index (χ4n) is 3.26. The average molecular weight is 456 g/mol. The molecule has 0 atom stereocenters. The van der Waals surface area contributed by atoms with Gasteiger partial charge in [0.15, 0.2) is 0 Å². The molecule has 156 valence electrons. The van der Waals surface area contributed by atoms with E-state index in [1.54, 1.807) is 47.4 Å². The molecule has 29 heavy (non-hydrogen) atoms. The van der Waals surface area contributed by atoms with Crippen molar-refractivity contribution in [2.24, 2.45) is 0 Å². The zero-order valence-electron chi connectivity index (χ0n) is 16.1. The van der Waals surface area contributed by atoms with E-state index in [-0.39, 0.29) is 17.3 Å². The number of carbonyl (C=O) groups is 1. The van der Waals surface area contributed by atoms with Gasteiger partial charge in [0.1, 0.15) is 0 Å². The third-order valence-electron chi connectivity index (χ3n) is 4.81. The first kappa shape index (κ1) is 22.1. The molecule has 1 aliphatic rings. The van der Waals surface area contributed by atoms with Crippen molar-refractivity contribution in [1.82, 2.24) is 14.1 Å². The molecule has 1 saturated heterocycles. The molecule has 6 nitrogen and oxygen atoms in total. The van der Waals surface area contributed by atoms with E-state index in [4.69, 9.17) is 23.2 Å². The van der Waals surface area contributed by atoms with Gasteiger partial charge in [0.25, 0.3) is 0 Å². The van der Waals surface area contributed by atoms with E-state index in [1.807, 2.05) is 18.0 Å². The van der Waals surface area contributed by atoms with Crippen molar-refractivity contribution in [2.75, 3.05) is 39.8 Å². The van der Waals surface area contributed by atoms with Crippen molar-refractivity contribution in [2.45, 2.75) is 11.4 Å². The third kappa shape index (κ3) is 5.49. The Kier molecular flexibility index (Phi) is 7.19. The molecule has 0 saturated carbocycles. The van der Waals surface area contributed by atoms with Crippen LogP contribution in [-0.4, -0.2) is 68.2 Å². The molecular formula is C20H23Cl2N3O3S. The Balaban J connectivity index is 1.52. The zero-order chi connectivity index (χ0) is 21.0. The van der Waals surface area contributed by atoms with Crippen LogP contribution >= 0.6 is 23.2 Å². The maximum Gasteiger partial charge on any atom is 0.243 e. The first-order chi connectivity index (χ1) is 13.8. The van der Waals surface area contributed by atoms with Crippen LogP contribution in [-0.2, 0) is 21.4 Å². The number of rotatable bonds is 6. The summed E-state index contributed by atoms with van der Waals surface area (Å²) in [6.07, 6.45) is 0. The summed E-state index contributed by atoms with van der Waals surface area (Å²) in [4.78, 5) is 16.5. The number of hydrogen-bond donors (Lipinski definition) is 0. The highest BCUT2D eigenvalue weighted by atomic mass is 35.5. The van der Waals surface area contributed by atoms with E-state index in [9.17, 15) is 13.2 Å². The molecule has 0 radical (unpaired) electrons. The topological polar surface area (TPSA) is 60.9 Å². The SMILES string of the molecule is CN(CC(=O)N1CCN(S(=O)(=O)c2ccccc2)CC1)Cc1ccc(Cl)c(Cl)c1. The van der Waals surface area contributed by atoms with Crippen LogP contribution in [0.15, 0.2) is 53.4 Å². The lowest BCUT2D eigenvalue weighted by Crippen LogP contribution is -2.52. The normalized spacial score (nSPS) is 15.7. The lowest BCUT2D eigenvalue weighted by atomic mass is 10.2. The zero-order valence-corrected chi connectivity index (χ0v) is 18.4. The summed E-state index contributed by atoms with van der Waals surface area (Å²) in [5.74, 6) is -0.0238. The van der Waals surface area contributed by atoms with E-state index in [2.05, 4.69) is 0 Å². The fraction of sp³-hybridized carbons (Fsp3) is 0.350. The van der Waals surface area contributed by atoms with Crippen molar-refractivity contribution < 1.29 is 13.2 Å².